The van der Waals surface area contributed by atoms with E-state index in [4.69, 9.17) is 0 Å². The van der Waals surface area contributed by atoms with Crippen LogP contribution in [0.4, 0.5) is 11.4 Å². The maximum Gasteiger partial charge on any atom is 0.0720 e. The Hall–Kier alpha value is -6.96. The number of benzene rings is 8. The lowest BCUT2D eigenvalue weighted by Gasteiger charge is -2.49. The van der Waals surface area contributed by atoms with Crippen LogP contribution in [-0.4, -0.2) is 6.04 Å². The summed E-state index contributed by atoms with van der Waals surface area (Å²) in [6.07, 6.45) is 7.81. The van der Waals surface area contributed by atoms with Gasteiger partial charge < -0.3 is 4.90 Å². The van der Waals surface area contributed by atoms with E-state index < -0.39 is 10.8 Å². The van der Waals surface area contributed by atoms with Gasteiger partial charge in [0, 0.05) is 16.9 Å². The number of fused-ring (bicyclic) bond motifs is 8. The Balaban J connectivity index is 1.08. The largest absolute Gasteiger partial charge is 0.333 e. The minimum Gasteiger partial charge on any atom is -0.333 e. The highest BCUT2D eigenvalue weighted by Gasteiger charge is 2.57. The van der Waals surface area contributed by atoms with Gasteiger partial charge in [-0.25, -0.2) is 0 Å². The first-order chi connectivity index (χ1) is 28.3. The highest BCUT2D eigenvalue weighted by atomic mass is 15.2. The Bertz CT molecular complexity index is 2940. The Morgan fingerprint density at radius 2 is 1.00 bits per heavy atom. The number of hydrogen-bond acceptors (Lipinski definition) is 1. The molecule has 12 rings (SSSR count). The van der Waals surface area contributed by atoms with Crippen LogP contribution in [0.2, 0.25) is 0 Å². The van der Waals surface area contributed by atoms with Crippen LogP contribution >= 0.6 is 0 Å². The summed E-state index contributed by atoms with van der Waals surface area (Å²) in [4.78, 5) is 2.53. The maximum absolute atomic E-state index is 2.53. The summed E-state index contributed by atoms with van der Waals surface area (Å²) in [6, 6.07) is 75.7. The van der Waals surface area contributed by atoms with Gasteiger partial charge in [0.1, 0.15) is 0 Å². The van der Waals surface area contributed by atoms with Crippen LogP contribution in [0.15, 0.2) is 218 Å². The molecule has 0 fully saturated rings. The van der Waals surface area contributed by atoms with Gasteiger partial charge in [-0.15, -0.1) is 0 Å². The molecular weight excluding hydrogens is 687 g/mol. The average Bonchev–Trinajstić information content (AvgIpc) is 3.79. The molecule has 1 heterocycles. The molecule has 4 aliphatic rings. The zero-order chi connectivity index (χ0) is 37.6. The molecule has 57 heavy (non-hydrogen) atoms. The second kappa shape index (κ2) is 12.3. The molecule has 8 aromatic rings. The number of nitrogens with zero attached hydrogens (tertiary/aromatic N) is 1. The van der Waals surface area contributed by atoms with Crippen molar-refractivity contribution in [3.05, 3.63) is 268 Å². The van der Waals surface area contributed by atoms with Gasteiger partial charge in [-0.05, 0) is 103 Å². The monoisotopic (exact) mass is 725 g/mol. The Labute approximate surface area is 334 Å². The van der Waals surface area contributed by atoms with E-state index in [2.05, 4.69) is 223 Å². The van der Waals surface area contributed by atoms with Gasteiger partial charge in [0.2, 0.25) is 0 Å². The first kappa shape index (κ1) is 32.3. The molecule has 0 saturated carbocycles. The van der Waals surface area contributed by atoms with E-state index in [9.17, 15) is 0 Å². The number of para-hydroxylation sites is 1. The molecule has 268 valence electrons. The highest BCUT2D eigenvalue weighted by Crippen LogP contribution is 2.65. The number of allylic oxidation sites excluding steroid dienone is 2. The van der Waals surface area contributed by atoms with Crippen molar-refractivity contribution < 1.29 is 0 Å². The summed E-state index contributed by atoms with van der Waals surface area (Å²) >= 11 is 0. The summed E-state index contributed by atoms with van der Waals surface area (Å²) in [5.41, 5.74) is 19.9. The van der Waals surface area contributed by atoms with E-state index >= 15 is 0 Å². The fourth-order valence-corrected chi connectivity index (χ4v) is 11.1. The smallest absolute Gasteiger partial charge is 0.0720 e. The second-order valence-corrected chi connectivity index (χ2v) is 15.9. The lowest BCUT2D eigenvalue weighted by atomic mass is 9.51. The van der Waals surface area contributed by atoms with Gasteiger partial charge in [0.25, 0.3) is 0 Å². The number of rotatable bonds is 5. The first-order valence-corrected chi connectivity index (χ1v) is 20.2. The molecule has 0 aromatic heterocycles. The van der Waals surface area contributed by atoms with E-state index in [-0.39, 0.29) is 0 Å². The predicted molar refractivity (Wildman–Crippen MR) is 235 cm³/mol. The molecule has 0 amide bonds. The third-order valence-electron chi connectivity index (χ3n) is 13.3. The lowest BCUT2D eigenvalue weighted by Crippen LogP contribution is -2.44. The summed E-state index contributed by atoms with van der Waals surface area (Å²) in [6.45, 7) is 0. The van der Waals surface area contributed by atoms with E-state index in [0.717, 1.165) is 6.42 Å². The molecule has 0 N–H and O–H groups in total. The molecular formula is C56H39N. The Morgan fingerprint density at radius 3 is 1.77 bits per heavy atom. The lowest BCUT2D eigenvalue weighted by molar-refractivity contribution is 0.627. The summed E-state index contributed by atoms with van der Waals surface area (Å²) in [5, 5.41) is 0. The minimum absolute atomic E-state index is 0.320. The molecule has 3 unspecified atom stereocenters. The zero-order valence-electron chi connectivity index (χ0n) is 31.5. The molecule has 1 nitrogen and oxygen atoms in total. The summed E-state index contributed by atoms with van der Waals surface area (Å²) in [5.74, 6) is 0. The van der Waals surface area contributed by atoms with Crippen molar-refractivity contribution in [1.29, 1.82) is 0 Å². The van der Waals surface area contributed by atoms with Crippen LogP contribution in [0.25, 0.3) is 27.8 Å². The number of anilines is 2. The zero-order valence-corrected chi connectivity index (χ0v) is 31.5. The first-order valence-electron chi connectivity index (χ1n) is 20.2. The van der Waals surface area contributed by atoms with Crippen molar-refractivity contribution in [3.8, 4) is 22.3 Å². The van der Waals surface area contributed by atoms with Gasteiger partial charge >= 0.3 is 0 Å². The van der Waals surface area contributed by atoms with Crippen molar-refractivity contribution in [3.63, 3.8) is 0 Å². The number of hydrogen-bond donors (Lipinski definition) is 0. The third kappa shape index (κ3) is 4.29. The van der Waals surface area contributed by atoms with Crippen LogP contribution in [0.5, 0.6) is 0 Å². The van der Waals surface area contributed by atoms with E-state index in [1.807, 2.05) is 0 Å². The standard InChI is InChI=1S/C56H39N/c1-3-18-40(19-4-1)55(42-22-15-17-39(37-42)38-33-35-43(36-34-38)57-52-31-13-8-24-45(52)46-25-9-14-32-53(46)57)49-28-11-12-29-50(49)56(41-20-5-2-6-21-41)48-27-10-7-23-44(48)47-26-16-30-51(55)54(47)56/h1-31,33-37,53H,32H2. The van der Waals surface area contributed by atoms with Crippen LogP contribution in [0.3, 0.4) is 0 Å². The third-order valence-corrected chi connectivity index (χ3v) is 13.3. The van der Waals surface area contributed by atoms with Gasteiger partial charge in [-0.2, -0.15) is 0 Å². The predicted octanol–water partition coefficient (Wildman–Crippen LogP) is 13.3. The van der Waals surface area contributed by atoms with Gasteiger partial charge in [-0.3, -0.25) is 0 Å². The van der Waals surface area contributed by atoms with Crippen LogP contribution < -0.4 is 4.90 Å². The van der Waals surface area contributed by atoms with Crippen molar-refractivity contribution in [2.45, 2.75) is 23.3 Å². The van der Waals surface area contributed by atoms with Gasteiger partial charge in [0.05, 0.1) is 16.9 Å². The van der Waals surface area contributed by atoms with Crippen molar-refractivity contribution >= 4 is 16.9 Å². The maximum atomic E-state index is 2.53. The summed E-state index contributed by atoms with van der Waals surface area (Å²) < 4.78 is 0. The van der Waals surface area contributed by atoms with E-state index in [0.29, 0.717) is 6.04 Å². The molecule has 3 atom stereocenters. The van der Waals surface area contributed by atoms with Crippen LogP contribution in [0.1, 0.15) is 56.5 Å². The van der Waals surface area contributed by atoms with E-state index in [1.165, 1.54) is 89.3 Å². The van der Waals surface area contributed by atoms with Crippen molar-refractivity contribution in [2.24, 2.45) is 0 Å². The molecule has 0 saturated heterocycles. The summed E-state index contributed by atoms with van der Waals surface area (Å²) in [7, 11) is 0. The molecule has 3 aliphatic carbocycles. The van der Waals surface area contributed by atoms with Crippen molar-refractivity contribution in [1.82, 2.24) is 0 Å². The minimum atomic E-state index is -0.573. The Morgan fingerprint density at radius 1 is 0.421 bits per heavy atom. The normalized spacial score (nSPS) is 20.5. The molecule has 8 aromatic carbocycles. The molecule has 0 bridgehead atoms. The molecule has 0 spiro atoms. The average molecular weight is 726 g/mol. The highest BCUT2D eigenvalue weighted by molar-refractivity contribution is 5.94. The fraction of sp³-hybridized carbons (Fsp3) is 0.0714. The Kier molecular flexibility index (Phi) is 6.95. The molecule has 0 radical (unpaired) electrons. The SMILES string of the molecule is C1=CCC2C(=C1)c1ccccc1N2c1ccc(-c2cccc(C3(c4ccccc4)c4ccccc4C4(c5ccccc5)c5ccccc5-c5cccc3c54)c2)cc1. The van der Waals surface area contributed by atoms with E-state index in [1.54, 1.807) is 0 Å². The second-order valence-electron chi connectivity index (χ2n) is 15.9. The topological polar surface area (TPSA) is 3.24 Å². The fourth-order valence-electron chi connectivity index (χ4n) is 11.1. The van der Waals surface area contributed by atoms with Crippen LogP contribution in [-0.2, 0) is 10.8 Å². The van der Waals surface area contributed by atoms with Crippen molar-refractivity contribution in [2.75, 3.05) is 4.90 Å². The molecule has 1 heteroatoms. The quantitative estimate of drug-likeness (QED) is 0.171. The molecule has 1 aliphatic heterocycles. The van der Waals surface area contributed by atoms with Gasteiger partial charge in [-0.1, -0.05) is 194 Å². The van der Waals surface area contributed by atoms with Crippen LogP contribution in [0, 0.1) is 0 Å². The van der Waals surface area contributed by atoms with Gasteiger partial charge in [0.15, 0.2) is 0 Å².